The van der Waals surface area contributed by atoms with Crippen molar-refractivity contribution >= 4 is 35.8 Å². The number of nitrogens with one attached hydrogen (secondary N) is 1. The largest absolute Gasteiger partial charge is 0.482 e. The molecule has 1 fully saturated rings. The zero-order valence-electron chi connectivity index (χ0n) is 19.6. The number of methoxy groups -OCH3 is 1. The van der Waals surface area contributed by atoms with Crippen molar-refractivity contribution in [1.82, 2.24) is 10.3 Å². The fourth-order valence-corrected chi connectivity index (χ4v) is 4.75. The predicted molar refractivity (Wildman–Crippen MR) is 138 cm³/mol. The van der Waals surface area contributed by atoms with E-state index in [9.17, 15) is 14.4 Å². The summed E-state index contributed by atoms with van der Waals surface area (Å²) >= 11 is 1.58. The number of amides is 2. The van der Waals surface area contributed by atoms with Crippen LogP contribution in [0.3, 0.4) is 0 Å². The van der Waals surface area contributed by atoms with Gasteiger partial charge >= 0.3 is 5.97 Å². The second-order valence-corrected chi connectivity index (χ2v) is 8.99. The Morgan fingerprint density at radius 2 is 1.78 bits per heavy atom. The molecule has 1 aliphatic heterocycles. The third-order valence-electron chi connectivity index (χ3n) is 5.47. The van der Waals surface area contributed by atoms with Gasteiger partial charge in [-0.3, -0.25) is 9.59 Å². The van der Waals surface area contributed by atoms with Crippen LogP contribution in [0.25, 0.3) is 0 Å². The van der Waals surface area contributed by atoms with Crippen LogP contribution in [-0.2, 0) is 20.9 Å². The standard InChI is InChI=1S/C27H25N3O5S/c1-34-25(32)17-35-23-13-7-19(8-14-23)15-28-29-26(33)21-9-11-22(12-10-21)27-30(24(31)18-36-27)16-20-5-3-2-4-6-20/h2-15,27H,16-18H2,1H3,(H,29,33)/b28-15-/t27-/m0/s1. The first kappa shape index (κ1) is 25.0. The molecule has 0 aromatic heterocycles. The van der Waals surface area contributed by atoms with Crippen molar-refractivity contribution in [3.8, 4) is 5.75 Å². The fourth-order valence-electron chi connectivity index (χ4n) is 3.56. The smallest absolute Gasteiger partial charge is 0.343 e. The molecule has 3 aromatic rings. The van der Waals surface area contributed by atoms with Gasteiger partial charge in [0.1, 0.15) is 11.1 Å². The minimum atomic E-state index is -0.462. The Hall–Kier alpha value is -4.11. The molecule has 0 radical (unpaired) electrons. The summed E-state index contributed by atoms with van der Waals surface area (Å²) in [4.78, 5) is 38.0. The van der Waals surface area contributed by atoms with Gasteiger partial charge in [0.2, 0.25) is 5.91 Å². The van der Waals surface area contributed by atoms with E-state index < -0.39 is 5.97 Å². The van der Waals surface area contributed by atoms with Crippen LogP contribution in [0.2, 0.25) is 0 Å². The first-order valence-electron chi connectivity index (χ1n) is 11.2. The van der Waals surface area contributed by atoms with Crippen molar-refractivity contribution in [3.05, 3.63) is 101 Å². The third-order valence-corrected chi connectivity index (χ3v) is 6.72. The van der Waals surface area contributed by atoms with Crippen LogP contribution in [0.4, 0.5) is 0 Å². The average molecular weight is 504 g/mol. The summed E-state index contributed by atoms with van der Waals surface area (Å²) in [6.07, 6.45) is 1.51. The van der Waals surface area contributed by atoms with Gasteiger partial charge in [-0.2, -0.15) is 5.10 Å². The average Bonchev–Trinajstić information content (AvgIpc) is 3.28. The zero-order valence-corrected chi connectivity index (χ0v) is 20.4. The number of hydrazone groups is 1. The molecule has 0 bridgehead atoms. The van der Waals surface area contributed by atoms with E-state index in [1.54, 1.807) is 48.2 Å². The van der Waals surface area contributed by atoms with Crippen molar-refractivity contribution in [2.75, 3.05) is 19.5 Å². The van der Waals surface area contributed by atoms with Gasteiger partial charge in [0.05, 0.1) is 19.1 Å². The van der Waals surface area contributed by atoms with E-state index in [1.807, 2.05) is 47.4 Å². The van der Waals surface area contributed by atoms with Crippen LogP contribution < -0.4 is 10.2 Å². The highest BCUT2D eigenvalue weighted by molar-refractivity contribution is 8.00. The predicted octanol–water partition coefficient (Wildman–Crippen LogP) is 3.78. The molecule has 9 heteroatoms. The van der Waals surface area contributed by atoms with Gasteiger partial charge in [0.25, 0.3) is 5.91 Å². The topological polar surface area (TPSA) is 97.3 Å². The monoisotopic (exact) mass is 503 g/mol. The van der Waals surface area contributed by atoms with Gasteiger partial charge in [0, 0.05) is 12.1 Å². The number of hydrogen-bond donors (Lipinski definition) is 1. The fraction of sp³-hybridized carbons (Fsp3) is 0.185. The Labute approximate surface area is 213 Å². The molecule has 0 spiro atoms. The van der Waals surface area contributed by atoms with Crippen LogP contribution >= 0.6 is 11.8 Å². The molecule has 0 saturated carbocycles. The maximum Gasteiger partial charge on any atom is 0.343 e. The number of carbonyl (C=O) groups excluding carboxylic acids is 3. The Morgan fingerprint density at radius 1 is 1.06 bits per heavy atom. The van der Waals surface area contributed by atoms with E-state index in [-0.39, 0.29) is 23.8 Å². The van der Waals surface area contributed by atoms with E-state index in [2.05, 4.69) is 15.3 Å². The number of rotatable bonds is 9. The molecule has 36 heavy (non-hydrogen) atoms. The van der Waals surface area contributed by atoms with E-state index in [0.717, 1.165) is 16.7 Å². The third kappa shape index (κ3) is 6.51. The van der Waals surface area contributed by atoms with Gasteiger partial charge in [-0.1, -0.05) is 42.5 Å². The highest BCUT2D eigenvalue weighted by Crippen LogP contribution is 2.39. The maximum atomic E-state index is 12.5. The Balaban J connectivity index is 1.32. The van der Waals surface area contributed by atoms with E-state index in [4.69, 9.17) is 4.74 Å². The van der Waals surface area contributed by atoms with Crippen molar-refractivity contribution < 1.29 is 23.9 Å². The molecule has 1 saturated heterocycles. The molecule has 3 aromatic carbocycles. The molecule has 1 N–H and O–H groups in total. The molecule has 184 valence electrons. The van der Waals surface area contributed by atoms with Gasteiger partial charge in [0.15, 0.2) is 6.61 Å². The molecular formula is C27H25N3O5S. The van der Waals surface area contributed by atoms with E-state index >= 15 is 0 Å². The van der Waals surface area contributed by atoms with Gasteiger partial charge < -0.3 is 14.4 Å². The van der Waals surface area contributed by atoms with E-state index in [0.29, 0.717) is 23.6 Å². The van der Waals surface area contributed by atoms with Crippen molar-refractivity contribution in [2.45, 2.75) is 11.9 Å². The minimum absolute atomic E-state index is 0.0904. The number of carbonyl (C=O) groups is 3. The second-order valence-electron chi connectivity index (χ2n) is 7.93. The number of thioether (sulfide) groups is 1. The number of hydrogen-bond acceptors (Lipinski definition) is 7. The highest BCUT2D eigenvalue weighted by atomic mass is 32.2. The second kappa shape index (κ2) is 12.0. The Morgan fingerprint density at radius 3 is 2.47 bits per heavy atom. The molecular weight excluding hydrogens is 478 g/mol. The molecule has 2 amide bonds. The van der Waals surface area contributed by atoms with Crippen molar-refractivity contribution in [2.24, 2.45) is 5.10 Å². The summed E-state index contributed by atoms with van der Waals surface area (Å²) in [5.41, 5.74) is 5.78. The summed E-state index contributed by atoms with van der Waals surface area (Å²) in [7, 11) is 1.30. The summed E-state index contributed by atoms with van der Waals surface area (Å²) in [6, 6.07) is 24.0. The van der Waals surface area contributed by atoms with Gasteiger partial charge in [-0.05, 0) is 53.1 Å². The normalized spacial score (nSPS) is 15.2. The van der Waals surface area contributed by atoms with Crippen molar-refractivity contribution in [3.63, 3.8) is 0 Å². The quantitative estimate of drug-likeness (QED) is 0.271. The number of nitrogens with zero attached hydrogens (tertiary/aromatic N) is 2. The number of esters is 1. The SMILES string of the molecule is COC(=O)COc1ccc(/C=N\NC(=O)c2ccc([C@@H]3SCC(=O)N3Cc3ccccc3)cc2)cc1. The summed E-state index contributed by atoms with van der Waals surface area (Å²) in [5, 5.41) is 3.92. The van der Waals surface area contributed by atoms with Crippen LogP contribution in [-0.4, -0.2) is 48.4 Å². The minimum Gasteiger partial charge on any atom is -0.482 e. The molecule has 1 aliphatic rings. The lowest BCUT2D eigenvalue weighted by molar-refractivity contribution is -0.142. The number of ether oxygens (including phenoxy) is 2. The molecule has 0 unspecified atom stereocenters. The zero-order chi connectivity index (χ0) is 25.3. The van der Waals surface area contributed by atoms with Crippen LogP contribution in [0.1, 0.15) is 32.4 Å². The van der Waals surface area contributed by atoms with Gasteiger partial charge in [-0.25, -0.2) is 10.2 Å². The lowest BCUT2D eigenvalue weighted by Crippen LogP contribution is -2.27. The van der Waals surface area contributed by atoms with Crippen LogP contribution in [0.5, 0.6) is 5.75 Å². The van der Waals surface area contributed by atoms with Crippen LogP contribution in [0.15, 0.2) is 84.0 Å². The number of benzene rings is 3. The van der Waals surface area contributed by atoms with Crippen LogP contribution in [0, 0.1) is 0 Å². The Kier molecular flexibility index (Phi) is 8.36. The molecule has 1 atom stereocenters. The Bertz CT molecular complexity index is 1230. The molecule has 8 nitrogen and oxygen atoms in total. The van der Waals surface area contributed by atoms with Crippen molar-refractivity contribution in [1.29, 1.82) is 0 Å². The summed E-state index contributed by atoms with van der Waals surface area (Å²) in [5.74, 6) is 0.259. The molecule has 1 heterocycles. The molecule has 4 rings (SSSR count). The highest BCUT2D eigenvalue weighted by Gasteiger charge is 2.32. The first-order valence-corrected chi connectivity index (χ1v) is 12.3. The lowest BCUT2D eigenvalue weighted by atomic mass is 10.1. The maximum absolute atomic E-state index is 12.5. The lowest BCUT2D eigenvalue weighted by Gasteiger charge is -2.24. The molecule has 0 aliphatic carbocycles. The van der Waals surface area contributed by atoms with Gasteiger partial charge in [-0.15, -0.1) is 11.8 Å². The van der Waals surface area contributed by atoms with E-state index in [1.165, 1.54) is 13.3 Å². The first-order chi connectivity index (χ1) is 17.5. The summed E-state index contributed by atoms with van der Waals surface area (Å²) in [6.45, 7) is 0.381. The summed E-state index contributed by atoms with van der Waals surface area (Å²) < 4.78 is 9.82.